The van der Waals surface area contributed by atoms with Crippen molar-refractivity contribution in [3.8, 4) is 11.5 Å². The van der Waals surface area contributed by atoms with Gasteiger partial charge in [-0.15, -0.1) is 0 Å². The van der Waals surface area contributed by atoms with Crippen LogP contribution in [-0.2, 0) is 17.8 Å². The molecule has 0 N–H and O–H groups in total. The van der Waals surface area contributed by atoms with Crippen LogP contribution in [0.4, 0.5) is 0 Å². The second-order valence-electron chi connectivity index (χ2n) is 7.74. The van der Waals surface area contributed by atoms with E-state index in [2.05, 4.69) is 24.0 Å². The van der Waals surface area contributed by atoms with Gasteiger partial charge in [0, 0.05) is 56.2 Å². The number of rotatable bonds is 5. The highest BCUT2D eigenvalue weighted by atomic mass is 16.5. The largest absolute Gasteiger partial charge is 0.494 e. The minimum Gasteiger partial charge on any atom is -0.494 e. The summed E-state index contributed by atoms with van der Waals surface area (Å²) in [4.78, 5) is 16.7. The van der Waals surface area contributed by atoms with Gasteiger partial charge >= 0.3 is 0 Å². The molecule has 0 saturated carbocycles. The van der Waals surface area contributed by atoms with E-state index in [1.54, 1.807) is 0 Å². The Balaban J connectivity index is 1.70. The molecule has 0 spiro atoms. The first-order chi connectivity index (χ1) is 12.5. The van der Waals surface area contributed by atoms with Gasteiger partial charge in [-0.2, -0.15) is 0 Å². The number of nitrogens with zero attached hydrogens (tertiary/aromatic N) is 2. The van der Waals surface area contributed by atoms with Crippen molar-refractivity contribution >= 4 is 5.91 Å². The normalized spacial score (nSPS) is 20.7. The van der Waals surface area contributed by atoms with Crippen molar-refractivity contribution < 1.29 is 14.3 Å². The molecule has 1 unspecified atom stereocenters. The minimum absolute atomic E-state index is 0.0713. The molecule has 1 fully saturated rings. The molecule has 144 valence electrons. The Kier molecular flexibility index (Phi) is 6.07. The van der Waals surface area contributed by atoms with Crippen LogP contribution in [0.2, 0.25) is 0 Å². The van der Waals surface area contributed by atoms with Gasteiger partial charge in [0.05, 0.1) is 6.61 Å². The van der Waals surface area contributed by atoms with E-state index in [4.69, 9.17) is 9.47 Å². The summed E-state index contributed by atoms with van der Waals surface area (Å²) in [5.74, 6) is 2.31. The van der Waals surface area contributed by atoms with Gasteiger partial charge in [0.25, 0.3) is 0 Å². The van der Waals surface area contributed by atoms with Crippen molar-refractivity contribution in [2.24, 2.45) is 5.92 Å². The molecule has 3 rings (SSSR count). The van der Waals surface area contributed by atoms with Crippen molar-refractivity contribution in [1.29, 1.82) is 0 Å². The van der Waals surface area contributed by atoms with E-state index in [1.807, 2.05) is 25.7 Å². The first-order valence-electron chi connectivity index (χ1n) is 9.94. The fraction of sp³-hybridized carbons (Fsp3) is 0.667. The summed E-state index contributed by atoms with van der Waals surface area (Å²) in [5.41, 5.74) is 2.43. The second kappa shape index (κ2) is 8.30. The summed E-state index contributed by atoms with van der Waals surface area (Å²) < 4.78 is 11.9. The van der Waals surface area contributed by atoms with Gasteiger partial charge in [-0.3, -0.25) is 9.69 Å². The van der Waals surface area contributed by atoms with Crippen molar-refractivity contribution in [3.05, 3.63) is 23.3 Å². The molecule has 0 bridgehead atoms. The number of ether oxygens (including phenoxy) is 2. The quantitative estimate of drug-likeness (QED) is 0.809. The van der Waals surface area contributed by atoms with Crippen molar-refractivity contribution in [1.82, 2.24) is 9.80 Å². The van der Waals surface area contributed by atoms with Crippen molar-refractivity contribution in [3.63, 3.8) is 0 Å². The summed E-state index contributed by atoms with van der Waals surface area (Å²) in [6, 6.07) is 4.32. The topological polar surface area (TPSA) is 42.0 Å². The third-order valence-corrected chi connectivity index (χ3v) is 5.17. The number of hydrogen-bond donors (Lipinski definition) is 0. The zero-order valence-electron chi connectivity index (χ0n) is 16.6. The molecule has 1 aromatic carbocycles. The van der Waals surface area contributed by atoms with Crippen LogP contribution in [0.5, 0.6) is 11.5 Å². The van der Waals surface area contributed by atoms with Gasteiger partial charge < -0.3 is 14.4 Å². The van der Waals surface area contributed by atoms with Gasteiger partial charge in [-0.1, -0.05) is 13.8 Å². The molecule has 1 saturated heterocycles. The van der Waals surface area contributed by atoms with Crippen molar-refractivity contribution in [2.45, 2.75) is 53.2 Å². The lowest BCUT2D eigenvalue weighted by molar-refractivity contribution is -0.134. The average molecular weight is 360 g/mol. The van der Waals surface area contributed by atoms with E-state index in [-0.39, 0.29) is 17.9 Å². The molecule has 5 nitrogen and oxygen atoms in total. The summed E-state index contributed by atoms with van der Waals surface area (Å²) in [5, 5.41) is 0. The molecule has 0 radical (unpaired) electrons. The molecule has 5 heteroatoms. The van der Waals surface area contributed by atoms with E-state index in [0.29, 0.717) is 6.61 Å². The smallest absolute Gasteiger partial charge is 0.225 e. The van der Waals surface area contributed by atoms with Crippen LogP contribution in [0.25, 0.3) is 0 Å². The summed E-state index contributed by atoms with van der Waals surface area (Å²) in [6.45, 7) is 13.2. The molecule has 1 aromatic rings. The van der Waals surface area contributed by atoms with Gasteiger partial charge in [-0.25, -0.2) is 0 Å². The number of amides is 1. The van der Waals surface area contributed by atoms with Gasteiger partial charge in [0.15, 0.2) is 0 Å². The number of carbonyl (C=O) groups is 1. The maximum atomic E-state index is 12.3. The molecular formula is C21H32N2O3. The SMILES string of the molecule is CCOc1cc2c(cc1CN1CCCN(C(=O)C(C)C)CC1)OC(C)C2. The lowest BCUT2D eigenvalue weighted by atomic mass is 10.1. The van der Waals surface area contributed by atoms with Gasteiger partial charge in [0.1, 0.15) is 17.6 Å². The highest BCUT2D eigenvalue weighted by molar-refractivity contribution is 5.78. The summed E-state index contributed by atoms with van der Waals surface area (Å²) in [6.07, 6.45) is 2.20. The van der Waals surface area contributed by atoms with E-state index in [1.165, 1.54) is 11.1 Å². The fourth-order valence-electron chi connectivity index (χ4n) is 3.85. The Bertz CT molecular complexity index is 644. The number of carbonyl (C=O) groups excluding carboxylic acids is 1. The van der Waals surface area contributed by atoms with E-state index in [9.17, 15) is 4.79 Å². The standard InChI is InChI=1S/C21H32N2O3/c1-5-25-19-12-17-11-16(4)26-20(17)13-18(19)14-22-7-6-8-23(10-9-22)21(24)15(2)3/h12-13,15-16H,5-11,14H2,1-4H3. The monoisotopic (exact) mass is 360 g/mol. The fourth-order valence-corrected chi connectivity index (χ4v) is 3.85. The molecule has 26 heavy (non-hydrogen) atoms. The highest BCUT2D eigenvalue weighted by Crippen LogP contribution is 2.35. The van der Waals surface area contributed by atoms with E-state index in [0.717, 1.165) is 57.1 Å². The Morgan fingerprint density at radius 3 is 2.81 bits per heavy atom. The van der Waals surface area contributed by atoms with Gasteiger partial charge in [0.2, 0.25) is 5.91 Å². The Labute approximate surface area is 157 Å². The van der Waals surface area contributed by atoms with Gasteiger partial charge in [-0.05, 0) is 32.4 Å². The van der Waals surface area contributed by atoms with Crippen molar-refractivity contribution in [2.75, 3.05) is 32.8 Å². The predicted octanol–water partition coefficient (Wildman–Crippen LogP) is 3.10. The molecule has 2 aliphatic heterocycles. The lowest BCUT2D eigenvalue weighted by Crippen LogP contribution is -2.37. The number of benzene rings is 1. The molecule has 2 aliphatic rings. The lowest BCUT2D eigenvalue weighted by Gasteiger charge is -2.24. The van der Waals surface area contributed by atoms with E-state index >= 15 is 0 Å². The molecular weight excluding hydrogens is 328 g/mol. The molecule has 1 amide bonds. The Hall–Kier alpha value is -1.75. The average Bonchev–Trinajstić information content (AvgIpc) is 2.80. The maximum Gasteiger partial charge on any atom is 0.225 e. The van der Waals surface area contributed by atoms with E-state index < -0.39 is 0 Å². The Morgan fingerprint density at radius 2 is 2.08 bits per heavy atom. The van der Waals surface area contributed by atoms with Crippen LogP contribution in [0, 0.1) is 5.92 Å². The third kappa shape index (κ3) is 4.32. The first-order valence-corrected chi connectivity index (χ1v) is 9.94. The molecule has 2 heterocycles. The van der Waals surface area contributed by atoms with Crippen LogP contribution < -0.4 is 9.47 Å². The number of hydrogen-bond acceptors (Lipinski definition) is 4. The summed E-state index contributed by atoms with van der Waals surface area (Å²) >= 11 is 0. The van der Waals surface area contributed by atoms with Crippen LogP contribution in [0.3, 0.4) is 0 Å². The van der Waals surface area contributed by atoms with Crippen LogP contribution in [0.15, 0.2) is 12.1 Å². The Morgan fingerprint density at radius 1 is 1.27 bits per heavy atom. The first kappa shape index (κ1) is 19.0. The zero-order valence-corrected chi connectivity index (χ0v) is 16.6. The van der Waals surface area contributed by atoms with Crippen LogP contribution in [-0.4, -0.2) is 54.6 Å². The highest BCUT2D eigenvalue weighted by Gasteiger charge is 2.24. The molecule has 0 aromatic heterocycles. The van der Waals surface area contributed by atoms with Crippen LogP contribution >= 0.6 is 0 Å². The number of fused-ring (bicyclic) bond motifs is 1. The minimum atomic E-state index is 0.0713. The summed E-state index contributed by atoms with van der Waals surface area (Å²) in [7, 11) is 0. The second-order valence-corrected chi connectivity index (χ2v) is 7.74. The molecule has 0 aliphatic carbocycles. The zero-order chi connectivity index (χ0) is 18.7. The third-order valence-electron chi connectivity index (χ3n) is 5.17. The van der Waals surface area contributed by atoms with Crippen LogP contribution in [0.1, 0.15) is 45.2 Å². The maximum absolute atomic E-state index is 12.3. The predicted molar refractivity (Wildman–Crippen MR) is 103 cm³/mol. The molecule has 1 atom stereocenters.